The lowest BCUT2D eigenvalue weighted by Gasteiger charge is -2.15. The van der Waals surface area contributed by atoms with E-state index in [1.54, 1.807) is 29.8 Å². The molecule has 0 atom stereocenters. The van der Waals surface area contributed by atoms with Gasteiger partial charge in [0.05, 0.1) is 11.7 Å². The first-order valence-electron chi connectivity index (χ1n) is 9.34. The van der Waals surface area contributed by atoms with Crippen molar-refractivity contribution in [2.45, 2.75) is 6.42 Å². The maximum atomic E-state index is 13.4. The van der Waals surface area contributed by atoms with Crippen LogP contribution in [0.5, 0.6) is 0 Å². The van der Waals surface area contributed by atoms with Gasteiger partial charge in [-0.1, -0.05) is 42.5 Å². The van der Waals surface area contributed by atoms with E-state index in [2.05, 4.69) is 33.4 Å². The van der Waals surface area contributed by atoms with Crippen LogP contribution < -0.4 is 0 Å². The number of hydrogen-bond donors (Lipinski definition) is 1. The average molecular weight is 395 g/mol. The molecule has 0 aliphatic rings. The molecule has 0 spiro atoms. The Bertz CT molecular complexity index is 1280. The SMILES string of the molecule is O=C(c1ccccn1)c1cc2cn[nH]c2c(Cc2ccccc2)c1-c1cccs1. The third-order valence-electron chi connectivity index (χ3n) is 4.97. The number of aromatic nitrogens is 3. The van der Waals surface area contributed by atoms with Crippen molar-refractivity contribution in [1.82, 2.24) is 15.2 Å². The number of nitrogens with zero attached hydrogens (tertiary/aromatic N) is 2. The van der Waals surface area contributed by atoms with Crippen molar-refractivity contribution in [1.29, 1.82) is 0 Å². The molecule has 3 aromatic heterocycles. The van der Waals surface area contributed by atoms with Crippen LogP contribution in [0.15, 0.2) is 84.5 Å². The summed E-state index contributed by atoms with van der Waals surface area (Å²) in [5.74, 6) is -0.0774. The summed E-state index contributed by atoms with van der Waals surface area (Å²) in [6.07, 6.45) is 4.13. The van der Waals surface area contributed by atoms with Crippen molar-refractivity contribution in [3.63, 3.8) is 0 Å². The molecule has 4 nitrogen and oxygen atoms in total. The molecule has 2 aromatic carbocycles. The van der Waals surface area contributed by atoms with Crippen LogP contribution in [0.4, 0.5) is 0 Å². The number of carbonyl (C=O) groups excluding carboxylic acids is 1. The van der Waals surface area contributed by atoms with Gasteiger partial charge in [0.25, 0.3) is 0 Å². The Hall–Kier alpha value is -3.57. The monoisotopic (exact) mass is 395 g/mol. The number of hydrogen-bond acceptors (Lipinski definition) is 4. The van der Waals surface area contributed by atoms with Gasteiger partial charge in [0.1, 0.15) is 5.69 Å². The Labute approximate surface area is 171 Å². The summed E-state index contributed by atoms with van der Waals surface area (Å²) < 4.78 is 0. The first-order chi connectivity index (χ1) is 14.3. The van der Waals surface area contributed by atoms with Gasteiger partial charge in [-0.2, -0.15) is 5.10 Å². The highest BCUT2D eigenvalue weighted by molar-refractivity contribution is 7.13. The third-order valence-corrected chi connectivity index (χ3v) is 5.86. The first-order valence-corrected chi connectivity index (χ1v) is 10.2. The van der Waals surface area contributed by atoms with Crippen LogP contribution in [0.25, 0.3) is 21.3 Å². The molecule has 0 aliphatic carbocycles. The number of pyridine rings is 1. The normalized spacial score (nSPS) is 11.0. The first kappa shape index (κ1) is 17.5. The van der Waals surface area contributed by atoms with Gasteiger partial charge in [0, 0.05) is 34.0 Å². The van der Waals surface area contributed by atoms with Crippen LogP contribution in [-0.4, -0.2) is 21.0 Å². The fourth-order valence-electron chi connectivity index (χ4n) is 3.65. The summed E-state index contributed by atoms with van der Waals surface area (Å²) in [5, 5.41) is 10.4. The number of carbonyl (C=O) groups is 1. The Morgan fingerprint density at radius 3 is 2.62 bits per heavy atom. The van der Waals surface area contributed by atoms with Crippen LogP contribution in [0, 0.1) is 0 Å². The van der Waals surface area contributed by atoms with Crippen LogP contribution in [0.2, 0.25) is 0 Å². The smallest absolute Gasteiger partial charge is 0.212 e. The minimum Gasteiger partial charge on any atom is -0.287 e. The van der Waals surface area contributed by atoms with E-state index < -0.39 is 0 Å². The topological polar surface area (TPSA) is 58.6 Å². The summed E-state index contributed by atoms with van der Waals surface area (Å²) in [6.45, 7) is 0. The Balaban J connectivity index is 1.79. The standard InChI is InChI=1S/C24H17N3OS/c28-24(20-9-4-5-11-25-20)19-14-17-15-26-27-23(17)18(13-16-7-2-1-3-8-16)22(19)21-10-6-12-29-21/h1-12,14-15H,13H2,(H,26,27). The zero-order valence-electron chi connectivity index (χ0n) is 15.5. The molecular formula is C24H17N3OS. The average Bonchev–Trinajstić information content (AvgIpc) is 3.46. The second kappa shape index (κ2) is 7.45. The molecule has 29 heavy (non-hydrogen) atoms. The van der Waals surface area contributed by atoms with Crippen LogP contribution in [0.1, 0.15) is 27.2 Å². The van der Waals surface area contributed by atoms with E-state index in [9.17, 15) is 4.79 Å². The van der Waals surface area contributed by atoms with Gasteiger partial charge in [-0.3, -0.25) is 14.9 Å². The number of benzene rings is 2. The van der Waals surface area contributed by atoms with Crippen LogP contribution in [-0.2, 0) is 6.42 Å². The van der Waals surface area contributed by atoms with Crippen molar-refractivity contribution in [3.05, 3.63) is 107 Å². The molecule has 3 heterocycles. The van der Waals surface area contributed by atoms with Gasteiger partial charge >= 0.3 is 0 Å². The molecular weight excluding hydrogens is 378 g/mol. The zero-order valence-corrected chi connectivity index (χ0v) is 16.3. The number of H-pyrrole nitrogens is 1. The second-order valence-electron chi connectivity index (χ2n) is 6.80. The molecule has 5 rings (SSSR count). The Morgan fingerprint density at radius 2 is 1.86 bits per heavy atom. The highest BCUT2D eigenvalue weighted by Gasteiger charge is 2.23. The van der Waals surface area contributed by atoms with Crippen molar-refractivity contribution in [2.24, 2.45) is 0 Å². The number of aromatic amines is 1. The lowest BCUT2D eigenvalue weighted by molar-refractivity contribution is 0.103. The van der Waals surface area contributed by atoms with Gasteiger partial charge < -0.3 is 0 Å². The van der Waals surface area contributed by atoms with Gasteiger partial charge in [0.15, 0.2) is 0 Å². The van der Waals surface area contributed by atoms with Crippen molar-refractivity contribution >= 4 is 28.0 Å². The van der Waals surface area contributed by atoms with Crippen molar-refractivity contribution in [2.75, 3.05) is 0 Å². The molecule has 0 fully saturated rings. The molecule has 140 valence electrons. The predicted octanol–water partition coefficient (Wildman–Crippen LogP) is 5.51. The third kappa shape index (κ3) is 3.26. The fourth-order valence-corrected chi connectivity index (χ4v) is 4.47. The molecule has 5 aromatic rings. The van der Waals surface area contributed by atoms with Gasteiger partial charge in [0.2, 0.25) is 5.78 Å². The van der Waals surface area contributed by atoms with E-state index in [4.69, 9.17) is 0 Å². The second-order valence-corrected chi connectivity index (χ2v) is 7.74. The summed E-state index contributed by atoms with van der Waals surface area (Å²) in [5.41, 5.74) is 5.28. The molecule has 5 heteroatoms. The summed E-state index contributed by atoms with van der Waals surface area (Å²) in [6, 6.07) is 21.7. The minimum absolute atomic E-state index is 0.0774. The molecule has 0 bridgehead atoms. The molecule has 0 radical (unpaired) electrons. The lowest BCUT2D eigenvalue weighted by Crippen LogP contribution is -2.08. The molecule has 1 N–H and O–H groups in total. The van der Waals surface area contributed by atoms with Gasteiger partial charge in [-0.05, 0) is 40.8 Å². The van der Waals surface area contributed by atoms with Crippen molar-refractivity contribution < 1.29 is 4.79 Å². The molecule has 0 aliphatic heterocycles. The largest absolute Gasteiger partial charge is 0.287 e. The minimum atomic E-state index is -0.0774. The van der Waals surface area contributed by atoms with Gasteiger partial charge in [-0.15, -0.1) is 11.3 Å². The Kier molecular flexibility index (Phi) is 4.50. The number of fused-ring (bicyclic) bond motifs is 1. The van der Waals surface area contributed by atoms with E-state index >= 15 is 0 Å². The van der Waals surface area contributed by atoms with E-state index in [1.165, 1.54) is 5.56 Å². The van der Waals surface area contributed by atoms with Crippen LogP contribution in [0.3, 0.4) is 0 Å². The number of thiophene rings is 1. The van der Waals surface area contributed by atoms with Crippen molar-refractivity contribution in [3.8, 4) is 10.4 Å². The van der Waals surface area contributed by atoms with E-state index in [1.807, 2.05) is 47.8 Å². The van der Waals surface area contributed by atoms with Gasteiger partial charge in [-0.25, -0.2) is 0 Å². The summed E-state index contributed by atoms with van der Waals surface area (Å²) >= 11 is 1.63. The van der Waals surface area contributed by atoms with E-state index in [0.29, 0.717) is 17.7 Å². The number of ketones is 1. The Morgan fingerprint density at radius 1 is 1.00 bits per heavy atom. The predicted molar refractivity (Wildman–Crippen MR) is 116 cm³/mol. The maximum absolute atomic E-state index is 13.4. The molecule has 0 amide bonds. The number of rotatable bonds is 5. The van der Waals surface area contributed by atoms with Crippen LogP contribution >= 0.6 is 11.3 Å². The summed E-state index contributed by atoms with van der Waals surface area (Å²) in [4.78, 5) is 18.8. The fraction of sp³-hybridized carbons (Fsp3) is 0.0417. The summed E-state index contributed by atoms with van der Waals surface area (Å²) in [7, 11) is 0. The highest BCUT2D eigenvalue weighted by atomic mass is 32.1. The quantitative estimate of drug-likeness (QED) is 0.399. The zero-order chi connectivity index (χ0) is 19.6. The lowest BCUT2D eigenvalue weighted by atomic mass is 9.90. The molecule has 0 saturated carbocycles. The van der Waals surface area contributed by atoms with E-state index in [-0.39, 0.29) is 5.78 Å². The van der Waals surface area contributed by atoms with E-state index in [0.717, 1.165) is 26.9 Å². The maximum Gasteiger partial charge on any atom is 0.212 e. The molecule has 0 unspecified atom stereocenters. The molecule has 0 saturated heterocycles. The highest BCUT2D eigenvalue weighted by Crippen LogP contribution is 2.38. The number of nitrogens with one attached hydrogen (secondary N) is 1.